The highest BCUT2D eigenvalue weighted by Gasteiger charge is 2.24. The van der Waals surface area contributed by atoms with Gasteiger partial charge in [0.1, 0.15) is 11.4 Å². The summed E-state index contributed by atoms with van der Waals surface area (Å²) in [5.74, 6) is -0.428. The largest absolute Gasteiger partial charge is 0.494 e. The summed E-state index contributed by atoms with van der Waals surface area (Å²) in [6, 6.07) is 9.36. The topological polar surface area (TPSA) is 114 Å². The molecule has 2 amide bonds. The standard InChI is InChI=1S/C22H26N4O5/c1-14(2)21(27)24-17-8-7-16(13-20(17)31-3)23-22(28)15-6-9-18(19(12-15)26(29)30)25-10-4-5-11-25/h6-9,12-14H,4-5,10-11H2,1-3H3,(H,23,28)(H,24,27). The van der Waals surface area contributed by atoms with Gasteiger partial charge in [-0.15, -0.1) is 0 Å². The molecule has 0 atom stereocenters. The minimum absolute atomic E-state index is 0.0844. The third kappa shape index (κ3) is 5.11. The number of anilines is 3. The van der Waals surface area contributed by atoms with Gasteiger partial charge in [0.2, 0.25) is 5.91 Å². The lowest BCUT2D eigenvalue weighted by Crippen LogP contribution is -2.20. The van der Waals surface area contributed by atoms with Crippen LogP contribution in [0.15, 0.2) is 36.4 Å². The summed E-state index contributed by atoms with van der Waals surface area (Å²) in [7, 11) is 1.46. The van der Waals surface area contributed by atoms with Crippen LogP contribution in [0.2, 0.25) is 0 Å². The summed E-state index contributed by atoms with van der Waals surface area (Å²) >= 11 is 0. The second-order valence-corrected chi connectivity index (χ2v) is 7.67. The van der Waals surface area contributed by atoms with Crippen LogP contribution in [-0.4, -0.2) is 36.9 Å². The van der Waals surface area contributed by atoms with Gasteiger partial charge in [-0.05, 0) is 37.1 Å². The van der Waals surface area contributed by atoms with Gasteiger partial charge in [-0.1, -0.05) is 13.8 Å². The lowest BCUT2D eigenvalue weighted by Gasteiger charge is -2.18. The molecule has 0 aliphatic carbocycles. The Labute approximate surface area is 180 Å². The van der Waals surface area contributed by atoms with Gasteiger partial charge in [0.15, 0.2) is 0 Å². The maximum absolute atomic E-state index is 12.7. The number of hydrogen-bond donors (Lipinski definition) is 2. The van der Waals surface area contributed by atoms with Gasteiger partial charge in [-0.3, -0.25) is 19.7 Å². The first-order valence-corrected chi connectivity index (χ1v) is 10.1. The van der Waals surface area contributed by atoms with E-state index in [0.717, 1.165) is 25.9 Å². The van der Waals surface area contributed by atoms with E-state index in [0.29, 0.717) is 22.8 Å². The van der Waals surface area contributed by atoms with Crippen LogP contribution >= 0.6 is 0 Å². The molecular weight excluding hydrogens is 400 g/mol. The molecule has 1 aliphatic heterocycles. The number of nitro benzene ring substituents is 1. The molecule has 3 rings (SSSR count). The fraction of sp³-hybridized carbons (Fsp3) is 0.364. The Kier molecular flexibility index (Phi) is 6.74. The molecule has 164 valence electrons. The molecule has 2 aromatic carbocycles. The summed E-state index contributed by atoms with van der Waals surface area (Å²) in [6.45, 7) is 5.10. The fourth-order valence-corrected chi connectivity index (χ4v) is 3.39. The van der Waals surface area contributed by atoms with Gasteiger partial charge in [-0.2, -0.15) is 0 Å². The SMILES string of the molecule is COc1cc(NC(=O)c2ccc(N3CCCC3)c([N+](=O)[O-])c2)ccc1NC(=O)C(C)C. The predicted molar refractivity (Wildman–Crippen MR) is 119 cm³/mol. The Morgan fingerprint density at radius 3 is 2.42 bits per heavy atom. The molecule has 9 heteroatoms. The number of nitrogens with zero attached hydrogens (tertiary/aromatic N) is 2. The number of rotatable bonds is 7. The van der Waals surface area contributed by atoms with Gasteiger partial charge in [0.25, 0.3) is 11.6 Å². The number of ether oxygens (including phenoxy) is 1. The van der Waals surface area contributed by atoms with Crippen LogP contribution in [-0.2, 0) is 4.79 Å². The van der Waals surface area contributed by atoms with E-state index in [-0.39, 0.29) is 23.1 Å². The average molecular weight is 426 g/mol. The van der Waals surface area contributed by atoms with Crippen LogP contribution in [0.4, 0.5) is 22.7 Å². The zero-order valence-electron chi connectivity index (χ0n) is 17.8. The van der Waals surface area contributed by atoms with Gasteiger partial charge >= 0.3 is 0 Å². The molecule has 1 saturated heterocycles. The number of carbonyl (C=O) groups is 2. The Hall–Kier alpha value is -3.62. The maximum Gasteiger partial charge on any atom is 0.293 e. The highest BCUT2D eigenvalue weighted by molar-refractivity contribution is 6.05. The maximum atomic E-state index is 12.7. The molecule has 0 saturated carbocycles. The first-order valence-electron chi connectivity index (χ1n) is 10.1. The van der Waals surface area contributed by atoms with Gasteiger partial charge in [0, 0.05) is 42.4 Å². The molecule has 0 radical (unpaired) electrons. The number of nitro groups is 1. The molecule has 0 aromatic heterocycles. The lowest BCUT2D eigenvalue weighted by molar-refractivity contribution is -0.384. The first kappa shape index (κ1) is 22.1. The molecule has 0 unspecified atom stereocenters. The molecule has 2 aromatic rings. The number of carbonyl (C=O) groups excluding carboxylic acids is 2. The molecule has 1 fully saturated rings. The smallest absolute Gasteiger partial charge is 0.293 e. The van der Waals surface area contributed by atoms with Crippen LogP contribution in [0.5, 0.6) is 5.75 Å². The average Bonchev–Trinajstić information content (AvgIpc) is 3.28. The van der Waals surface area contributed by atoms with Crippen molar-refractivity contribution in [1.82, 2.24) is 0 Å². The Morgan fingerprint density at radius 1 is 1.10 bits per heavy atom. The predicted octanol–water partition coefficient (Wildman–Crippen LogP) is 4.05. The minimum atomic E-state index is -0.475. The third-order valence-electron chi connectivity index (χ3n) is 5.12. The van der Waals surface area contributed by atoms with Crippen molar-refractivity contribution < 1.29 is 19.2 Å². The fourth-order valence-electron chi connectivity index (χ4n) is 3.39. The molecule has 9 nitrogen and oxygen atoms in total. The van der Waals surface area contributed by atoms with E-state index in [4.69, 9.17) is 4.74 Å². The Balaban J connectivity index is 1.80. The third-order valence-corrected chi connectivity index (χ3v) is 5.12. The Morgan fingerprint density at radius 2 is 1.81 bits per heavy atom. The van der Waals surface area contributed by atoms with Crippen molar-refractivity contribution >= 4 is 34.6 Å². The first-order chi connectivity index (χ1) is 14.8. The molecule has 0 spiro atoms. The summed E-state index contributed by atoms with van der Waals surface area (Å²) in [5, 5.41) is 17.1. The number of amides is 2. The van der Waals surface area contributed by atoms with Crippen molar-refractivity contribution in [2.75, 3.05) is 35.7 Å². The van der Waals surface area contributed by atoms with E-state index in [1.54, 1.807) is 44.2 Å². The summed E-state index contributed by atoms with van der Waals surface area (Å²) < 4.78 is 5.32. The van der Waals surface area contributed by atoms with Gasteiger partial charge < -0.3 is 20.3 Å². The van der Waals surface area contributed by atoms with E-state index in [2.05, 4.69) is 10.6 Å². The lowest BCUT2D eigenvalue weighted by atomic mass is 10.1. The van der Waals surface area contributed by atoms with Gasteiger partial charge in [-0.25, -0.2) is 0 Å². The normalized spacial score (nSPS) is 13.2. The summed E-state index contributed by atoms with van der Waals surface area (Å²) in [5.41, 5.74) is 1.57. The van der Waals surface area contributed by atoms with E-state index in [9.17, 15) is 19.7 Å². The van der Waals surface area contributed by atoms with Crippen LogP contribution in [0.1, 0.15) is 37.0 Å². The monoisotopic (exact) mass is 426 g/mol. The minimum Gasteiger partial charge on any atom is -0.494 e. The van der Waals surface area contributed by atoms with Crippen molar-refractivity contribution in [1.29, 1.82) is 0 Å². The second-order valence-electron chi connectivity index (χ2n) is 7.67. The van der Waals surface area contributed by atoms with E-state index in [1.165, 1.54) is 13.2 Å². The zero-order valence-corrected chi connectivity index (χ0v) is 17.8. The van der Waals surface area contributed by atoms with Crippen molar-refractivity contribution in [2.24, 2.45) is 5.92 Å². The molecule has 31 heavy (non-hydrogen) atoms. The summed E-state index contributed by atoms with van der Waals surface area (Å²) in [6.07, 6.45) is 1.99. The van der Waals surface area contributed by atoms with Crippen LogP contribution in [0, 0.1) is 16.0 Å². The number of hydrogen-bond acceptors (Lipinski definition) is 6. The van der Waals surface area contributed by atoms with Crippen molar-refractivity contribution in [3.63, 3.8) is 0 Å². The van der Waals surface area contributed by atoms with Crippen LogP contribution < -0.4 is 20.3 Å². The Bertz CT molecular complexity index is 999. The highest BCUT2D eigenvalue weighted by atomic mass is 16.6. The quantitative estimate of drug-likeness (QED) is 0.510. The summed E-state index contributed by atoms with van der Waals surface area (Å²) in [4.78, 5) is 37.7. The molecule has 0 bridgehead atoms. The van der Waals surface area contributed by atoms with E-state index in [1.807, 2.05) is 4.90 Å². The molecule has 1 heterocycles. The van der Waals surface area contributed by atoms with Crippen molar-refractivity contribution in [3.8, 4) is 5.75 Å². The number of nitrogens with one attached hydrogen (secondary N) is 2. The van der Waals surface area contributed by atoms with E-state index >= 15 is 0 Å². The van der Waals surface area contributed by atoms with Crippen molar-refractivity contribution in [2.45, 2.75) is 26.7 Å². The van der Waals surface area contributed by atoms with E-state index < -0.39 is 10.8 Å². The zero-order chi connectivity index (χ0) is 22.5. The highest BCUT2D eigenvalue weighted by Crippen LogP contribution is 2.32. The molecule has 1 aliphatic rings. The molecular formula is C22H26N4O5. The van der Waals surface area contributed by atoms with Crippen LogP contribution in [0.25, 0.3) is 0 Å². The van der Waals surface area contributed by atoms with Gasteiger partial charge in [0.05, 0.1) is 17.7 Å². The number of benzene rings is 2. The van der Waals surface area contributed by atoms with Crippen molar-refractivity contribution in [3.05, 3.63) is 52.1 Å². The second kappa shape index (κ2) is 9.46. The van der Waals surface area contributed by atoms with Crippen LogP contribution in [0.3, 0.4) is 0 Å². The number of methoxy groups -OCH3 is 1. The molecule has 2 N–H and O–H groups in total.